The van der Waals surface area contributed by atoms with Crippen molar-refractivity contribution in [2.24, 2.45) is 11.1 Å². The Balaban J connectivity index is 0.00000128. The van der Waals surface area contributed by atoms with E-state index in [0.29, 0.717) is 0 Å². The fraction of sp³-hybridized carbons (Fsp3) is 0.909. The standard InChI is InChI=1S/C11H20N2O2.ClH/c1-10(2)7(6-8(10)15-3)13-9(14)11(12)4-5-11;/h7-8H,4-6,12H2,1-3H3,(H,13,14);1H. The van der Waals surface area contributed by atoms with Gasteiger partial charge in [0.2, 0.25) is 5.91 Å². The van der Waals surface area contributed by atoms with E-state index in [1.165, 1.54) is 0 Å². The number of halogens is 1. The van der Waals surface area contributed by atoms with E-state index in [4.69, 9.17) is 10.5 Å². The second kappa shape index (κ2) is 4.17. The number of methoxy groups -OCH3 is 1. The molecule has 0 bridgehead atoms. The first-order valence-electron chi connectivity index (χ1n) is 5.53. The van der Waals surface area contributed by atoms with Crippen molar-refractivity contribution in [1.82, 2.24) is 5.32 Å². The number of amides is 1. The van der Waals surface area contributed by atoms with E-state index >= 15 is 0 Å². The van der Waals surface area contributed by atoms with Crippen LogP contribution in [0.3, 0.4) is 0 Å². The molecule has 2 aliphatic carbocycles. The number of hydrogen-bond donors (Lipinski definition) is 2. The van der Waals surface area contributed by atoms with Crippen molar-refractivity contribution < 1.29 is 9.53 Å². The molecule has 2 atom stereocenters. The highest BCUT2D eigenvalue weighted by atomic mass is 35.5. The predicted octanol–water partition coefficient (Wildman–Crippen LogP) is 0.829. The van der Waals surface area contributed by atoms with Crippen LogP contribution >= 0.6 is 12.4 Å². The van der Waals surface area contributed by atoms with Gasteiger partial charge in [0.25, 0.3) is 0 Å². The number of rotatable bonds is 3. The Morgan fingerprint density at radius 2 is 2.00 bits per heavy atom. The summed E-state index contributed by atoms with van der Waals surface area (Å²) in [6.07, 6.45) is 2.78. The van der Waals surface area contributed by atoms with E-state index in [1.54, 1.807) is 7.11 Å². The third-order valence-electron chi connectivity index (χ3n) is 4.01. The van der Waals surface area contributed by atoms with Crippen LogP contribution in [0.1, 0.15) is 33.1 Å². The molecule has 2 unspecified atom stereocenters. The molecule has 0 spiro atoms. The number of hydrogen-bond acceptors (Lipinski definition) is 3. The summed E-state index contributed by atoms with van der Waals surface area (Å²) in [7, 11) is 1.72. The van der Waals surface area contributed by atoms with Gasteiger partial charge in [-0.2, -0.15) is 0 Å². The summed E-state index contributed by atoms with van der Waals surface area (Å²) >= 11 is 0. The topological polar surface area (TPSA) is 64.3 Å². The first kappa shape index (κ1) is 13.7. The minimum atomic E-state index is -0.561. The lowest BCUT2D eigenvalue weighted by Gasteiger charge is -2.51. The van der Waals surface area contributed by atoms with Crippen LogP contribution in [-0.4, -0.2) is 30.7 Å². The van der Waals surface area contributed by atoms with Crippen molar-refractivity contribution in [3.8, 4) is 0 Å². The van der Waals surface area contributed by atoms with Gasteiger partial charge in [-0.15, -0.1) is 12.4 Å². The van der Waals surface area contributed by atoms with Crippen molar-refractivity contribution in [2.45, 2.75) is 50.8 Å². The molecule has 0 aromatic carbocycles. The molecule has 5 heteroatoms. The van der Waals surface area contributed by atoms with Crippen LogP contribution in [0.2, 0.25) is 0 Å². The van der Waals surface area contributed by atoms with Gasteiger partial charge in [-0.1, -0.05) is 13.8 Å². The molecule has 2 aliphatic rings. The first-order valence-corrected chi connectivity index (χ1v) is 5.53. The fourth-order valence-corrected chi connectivity index (χ4v) is 2.19. The largest absolute Gasteiger partial charge is 0.381 e. The maximum Gasteiger partial charge on any atom is 0.240 e. The normalized spacial score (nSPS) is 33.2. The molecule has 0 saturated heterocycles. The molecule has 3 N–H and O–H groups in total. The van der Waals surface area contributed by atoms with Crippen molar-refractivity contribution in [1.29, 1.82) is 0 Å². The molecule has 0 aromatic heterocycles. The van der Waals surface area contributed by atoms with Crippen LogP contribution in [0.4, 0.5) is 0 Å². The van der Waals surface area contributed by atoms with E-state index in [2.05, 4.69) is 19.2 Å². The van der Waals surface area contributed by atoms with E-state index < -0.39 is 5.54 Å². The summed E-state index contributed by atoms with van der Waals surface area (Å²) in [5.41, 5.74) is 5.29. The maximum absolute atomic E-state index is 11.7. The lowest BCUT2D eigenvalue weighted by molar-refractivity contribution is -0.134. The van der Waals surface area contributed by atoms with Crippen LogP contribution < -0.4 is 11.1 Å². The second-order valence-electron chi connectivity index (χ2n) is 5.46. The molecule has 0 radical (unpaired) electrons. The SMILES string of the molecule is COC1CC(NC(=O)C2(N)CC2)C1(C)C.Cl. The molecule has 0 heterocycles. The number of carbonyl (C=O) groups is 1. The van der Waals surface area contributed by atoms with Gasteiger partial charge >= 0.3 is 0 Å². The zero-order chi connectivity index (χ0) is 11.3. The van der Waals surface area contributed by atoms with Crippen molar-refractivity contribution in [2.75, 3.05) is 7.11 Å². The van der Waals surface area contributed by atoms with Crippen LogP contribution in [-0.2, 0) is 9.53 Å². The molecule has 2 rings (SSSR count). The summed E-state index contributed by atoms with van der Waals surface area (Å²) in [6.45, 7) is 4.23. The Bertz CT molecular complexity index is 290. The van der Waals surface area contributed by atoms with Gasteiger partial charge in [-0.05, 0) is 19.3 Å². The third-order valence-corrected chi connectivity index (χ3v) is 4.01. The highest BCUT2D eigenvalue weighted by Crippen LogP contribution is 2.43. The first-order chi connectivity index (χ1) is 6.90. The van der Waals surface area contributed by atoms with Gasteiger partial charge in [0, 0.05) is 18.6 Å². The Hall–Kier alpha value is -0.320. The lowest BCUT2D eigenvalue weighted by Crippen LogP contribution is -2.63. The van der Waals surface area contributed by atoms with Gasteiger partial charge < -0.3 is 15.8 Å². The Kier molecular flexibility index (Phi) is 3.58. The summed E-state index contributed by atoms with van der Waals surface area (Å²) in [5.74, 6) is 0.00938. The highest BCUT2D eigenvalue weighted by molar-refractivity contribution is 5.89. The zero-order valence-electron chi connectivity index (χ0n) is 10.1. The number of carbonyl (C=O) groups excluding carboxylic acids is 1. The minimum absolute atomic E-state index is 0. The summed E-state index contributed by atoms with van der Waals surface area (Å²) in [6, 6.07) is 0.205. The molecule has 94 valence electrons. The molecule has 16 heavy (non-hydrogen) atoms. The van der Waals surface area contributed by atoms with Crippen LogP contribution in [0.5, 0.6) is 0 Å². The molecular formula is C11H21ClN2O2. The molecule has 2 fully saturated rings. The number of nitrogens with two attached hydrogens (primary N) is 1. The predicted molar refractivity (Wildman–Crippen MR) is 64.5 cm³/mol. The van der Waals surface area contributed by atoms with Crippen LogP contribution in [0.25, 0.3) is 0 Å². The lowest BCUT2D eigenvalue weighted by atomic mass is 9.64. The third kappa shape index (κ3) is 2.06. The van der Waals surface area contributed by atoms with E-state index in [0.717, 1.165) is 19.3 Å². The fourth-order valence-electron chi connectivity index (χ4n) is 2.19. The van der Waals surface area contributed by atoms with Crippen molar-refractivity contribution in [3.05, 3.63) is 0 Å². The molecule has 1 amide bonds. The van der Waals surface area contributed by atoms with Gasteiger partial charge in [-0.3, -0.25) is 4.79 Å². The van der Waals surface area contributed by atoms with E-state index in [9.17, 15) is 4.79 Å². The summed E-state index contributed by atoms with van der Waals surface area (Å²) in [5, 5.41) is 3.03. The van der Waals surface area contributed by atoms with E-state index in [1.807, 2.05) is 0 Å². The quantitative estimate of drug-likeness (QED) is 0.778. The smallest absolute Gasteiger partial charge is 0.240 e. The molecular weight excluding hydrogens is 228 g/mol. The maximum atomic E-state index is 11.7. The highest BCUT2D eigenvalue weighted by Gasteiger charge is 2.53. The van der Waals surface area contributed by atoms with E-state index in [-0.39, 0.29) is 35.9 Å². The Morgan fingerprint density at radius 3 is 2.38 bits per heavy atom. The average molecular weight is 249 g/mol. The summed E-state index contributed by atoms with van der Waals surface area (Å²) < 4.78 is 5.33. The number of ether oxygens (including phenoxy) is 1. The second-order valence-corrected chi connectivity index (χ2v) is 5.46. The number of nitrogens with one attached hydrogen (secondary N) is 1. The van der Waals surface area contributed by atoms with Gasteiger partial charge in [0.1, 0.15) is 0 Å². The monoisotopic (exact) mass is 248 g/mol. The minimum Gasteiger partial charge on any atom is -0.381 e. The van der Waals surface area contributed by atoms with Gasteiger partial charge in [-0.25, -0.2) is 0 Å². The van der Waals surface area contributed by atoms with Crippen LogP contribution in [0.15, 0.2) is 0 Å². The summed E-state index contributed by atoms with van der Waals surface area (Å²) in [4.78, 5) is 11.7. The van der Waals surface area contributed by atoms with Crippen molar-refractivity contribution in [3.63, 3.8) is 0 Å². The van der Waals surface area contributed by atoms with Gasteiger partial charge in [0.15, 0.2) is 0 Å². The van der Waals surface area contributed by atoms with Crippen molar-refractivity contribution >= 4 is 18.3 Å². The molecule has 2 saturated carbocycles. The molecule has 0 aliphatic heterocycles. The zero-order valence-corrected chi connectivity index (χ0v) is 10.9. The molecule has 0 aromatic rings. The molecule has 4 nitrogen and oxygen atoms in total. The van der Waals surface area contributed by atoms with Crippen LogP contribution in [0, 0.1) is 5.41 Å². The van der Waals surface area contributed by atoms with Gasteiger partial charge in [0.05, 0.1) is 11.6 Å². The average Bonchev–Trinajstić information content (AvgIpc) is 2.91. The Labute approximate surface area is 103 Å². The Morgan fingerprint density at radius 1 is 1.44 bits per heavy atom.